The minimum Gasteiger partial charge on any atom is -0.481 e. The van der Waals surface area contributed by atoms with Crippen molar-refractivity contribution < 1.29 is 19.5 Å². The minimum absolute atomic E-state index is 0.0241. The number of carboxylic acid groups (broad SMARTS) is 1. The van der Waals surface area contributed by atoms with Crippen molar-refractivity contribution >= 4 is 52.6 Å². The first-order valence-electron chi connectivity index (χ1n) is 11.8. The lowest BCUT2D eigenvalue weighted by molar-refractivity contribution is -0.141. The quantitative estimate of drug-likeness (QED) is 0.401. The number of amides is 2. The predicted octanol–water partition coefficient (Wildman–Crippen LogP) is 5.39. The van der Waals surface area contributed by atoms with Gasteiger partial charge in [-0.15, -0.1) is 0 Å². The SMILES string of the molecule is Cc1c(C(=O)NC2CCN(C(=O)CCC(=O)O)CC2)nn(-c2ccc(Cl)cc2Cl)c1-c1ccc(Cl)cc1. The van der Waals surface area contributed by atoms with E-state index in [1.807, 2.05) is 19.1 Å². The molecular formula is C26H25Cl3N4O4. The monoisotopic (exact) mass is 562 g/mol. The largest absolute Gasteiger partial charge is 0.481 e. The maximum absolute atomic E-state index is 13.3. The van der Waals surface area contributed by atoms with Crippen molar-refractivity contribution in [2.75, 3.05) is 13.1 Å². The molecule has 0 radical (unpaired) electrons. The molecule has 1 aliphatic rings. The average Bonchev–Trinajstić information content (AvgIpc) is 3.20. The van der Waals surface area contributed by atoms with Crippen LogP contribution < -0.4 is 5.32 Å². The lowest BCUT2D eigenvalue weighted by Crippen LogP contribution is -2.46. The molecule has 2 aromatic carbocycles. The maximum Gasteiger partial charge on any atom is 0.303 e. The van der Waals surface area contributed by atoms with E-state index in [-0.39, 0.29) is 36.4 Å². The molecule has 4 rings (SSSR count). The number of carbonyl (C=O) groups excluding carboxylic acids is 2. The first-order chi connectivity index (χ1) is 17.6. The van der Waals surface area contributed by atoms with Gasteiger partial charge in [-0.05, 0) is 50.1 Å². The molecule has 0 atom stereocenters. The summed E-state index contributed by atoms with van der Waals surface area (Å²) in [4.78, 5) is 37.9. The summed E-state index contributed by atoms with van der Waals surface area (Å²) in [5, 5.41) is 17.9. The van der Waals surface area contributed by atoms with Gasteiger partial charge in [-0.3, -0.25) is 14.4 Å². The molecule has 8 nitrogen and oxygen atoms in total. The van der Waals surface area contributed by atoms with Gasteiger partial charge in [0.15, 0.2) is 5.69 Å². The number of rotatable bonds is 7. The second kappa shape index (κ2) is 11.5. The van der Waals surface area contributed by atoms with E-state index in [1.54, 1.807) is 39.9 Å². The fraction of sp³-hybridized carbons (Fsp3) is 0.308. The number of likely N-dealkylation sites (tertiary alicyclic amines) is 1. The molecule has 1 aromatic heterocycles. The Kier molecular flexibility index (Phi) is 8.42. The van der Waals surface area contributed by atoms with E-state index in [0.717, 1.165) is 5.56 Å². The topological polar surface area (TPSA) is 105 Å². The van der Waals surface area contributed by atoms with Crippen LogP contribution in [-0.4, -0.2) is 56.7 Å². The van der Waals surface area contributed by atoms with Crippen LogP contribution in [-0.2, 0) is 9.59 Å². The molecule has 1 aliphatic heterocycles. The van der Waals surface area contributed by atoms with Crippen molar-refractivity contribution in [2.24, 2.45) is 0 Å². The second-order valence-electron chi connectivity index (χ2n) is 8.86. The summed E-state index contributed by atoms with van der Waals surface area (Å²) >= 11 is 18.7. The zero-order valence-corrected chi connectivity index (χ0v) is 22.3. The number of aromatic nitrogens is 2. The van der Waals surface area contributed by atoms with Crippen LogP contribution in [0.4, 0.5) is 0 Å². The van der Waals surface area contributed by atoms with Crippen molar-refractivity contribution in [1.29, 1.82) is 0 Å². The normalized spacial score (nSPS) is 14.0. The summed E-state index contributed by atoms with van der Waals surface area (Å²) in [6.45, 7) is 2.73. The van der Waals surface area contributed by atoms with Gasteiger partial charge in [0, 0.05) is 46.7 Å². The van der Waals surface area contributed by atoms with Crippen molar-refractivity contribution in [3.8, 4) is 16.9 Å². The molecule has 194 valence electrons. The van der Waals surface area contributed by atoms with E-state index in [2.05, 4.69) is 10.4 Å². The molecule has 0 aliphatic carbocycles. The molecule has 3 aromatic rings. The summed E-state index contributed by atoms with van der Waals surface area (Å²) in [6, 6.07) is 12.2. The lowest BCUT2D eigenvalue weighted by Gasteiger charge is -2.32. The number of halogens is 3. The highest BCUT2D eigenvalue weighted by Gasteiger charge is 2.28. The van der Waals surface area contributed by atoms with E-state index in [9.17, 15) is 14.4 Å². The van der Waals surface area contributed by atoms with Crippen LogP contribution in [0, 0.1) is 6.92 Å². The Morgan fingerprint density at radius 3 is 2.27 bits per heavy atom. The Balaban J connectivity index is 1.56. The Labute approximate surface area is 229 Å². The smallest absolute Gasteiger partial charge is 0.303 e. The third-order valence-corrected chi connectivity index (χ3v) is 7.12. The molecule has 37 heavy (non-hydrogen) atoms. The van der Waals surface area contributed by atoms with Crippen molar-refractivity contribution in [2.45, 2.75) is 38.6 Å². The number of carbonyl (C=O) groups is 3. The second-order valence-corrected chi connectivity index (χ2v) is 10.1. The number of carboxylic acids is 1. The third kappa shape index (κ3) is 6.26. The minimum atomic E-state index is -0.997. The maximum atomic E-state index is 13.3. The van der Waals surface area contributed by atoms with Gasteiger partial charge in [0.2, 0.25) is 5.91 Å². The molecule has 0 unspecified atom stereocenters. The number of hydrogen-bond acceptors (Lipinski definition) is 4. The highest BCUT2D eigenvalue weighted by Crippen LogP contribution is 2.33. The molecule has 2 heterocycles. The van der Waals surface area contributed by atoms with Crippen molar-refractivity contribution in [1.82, 2.24) is 20.0 Å². The van der Waals surface area contributed by atoms with Crippen LogP contribution in [0.5, 0.6) is 0 Å². The Hall–Kier alpha value is -3.07. The zero-order chi connectivity index (χ0) is 26.7. The number of benzene rings is 2. The van der Waals surface area contributed by atoms with Gasteiger partial charge in [0.1, 0.15) is 0 Å². The molecule has 0 saturated carbocycles. The Morgan fingerprint density at radius 2 is 1.65 bits per heavy atom. The first-order valence-corrected chi connectivity index (χ1v) is 12.9. The summed E-state index contributed by atoms with van der Waals surface area (Å²) in [6.07, 6.45) is 0.920. The average molecular weight is 564 g/mol. The first kappa shape index (κ1) is 27.0. The van der Waals surface area contributed by atoms with Gasteiger partial charge >= 0.3 is 5.97 Å². The van der Waals surface area contributed by atoms with Crippen LogP contribution in [0.15, 0.2) is 42.5 Å². The number of nitrogens with one attached hydrogen (secondary N) is 1. The number of aliphatic carboxylic acids is 1. The predicted molar refractivity (Wildman–Crippen MR) is 143 cm³/mol. The van der Waals surface area contributed by atoms with E-state index in [4.69, 9.17) is 39.9 Å². The van der Waals surface area contributed by atoms with Crippen molar-refractivity contribution in [3.05, 3.63) is 68.8 Å². The third-order valence-electron chi connectivity index (χ3n) is 6.33. The molecule has 2 N–H and O–H groups in total. The summed E-state index contributed by atoms with van der Waals surface area (Å²) in [5.41, 5.74) is 3.02. The fourth-order valence-electron chi connectivity index (χ4n) is 4.38. The van der Waals surface area contributed by atoms with Crippen LogP contribution >= 0.6 is 34.8 Å². The lowest BCUT2D eigenvalue weighted by atomic mass is 10.0. The van der Waals surface area contributed by atoms with Gasteiger partial charge < -0.3 is 15.3 Å². The standard InChI is InChI=1S/C26H25Cl3N4O4/c1-15-24(26(37)30-19-10-12-32(13-11-19)22(34)8-9-23(35)36)31-33(21-7-6-18(28)14-20(21)29)25(15)16-2-4-17(27)5-3-16/h2-7,14,19H,8-13H2,1H3,(H,30,37)(H,35,36). The van der Waals surface area contributed by atoms with Crippen LogP contribution in [0.2, 0.25) is 15.1 Å². The summed E-state index contributed by atoms with van der Waals surface area (Å²) in [7, 11) is 0. The van der Waals surface area contributed by atoms with Gasteiger partial charge in [-0.1, -0.05) is 46.9 Å². The fourth-order valence-corrected chi connectivity index (χ4v) is 5.00. The molecule has 1 saturated heterocycles. The van der Waals surface area contributed by atoms with Crippen molar-refractivity contribution in [3.63, 3.8) is 0 Å². The molecule has 0 bridgehead atoms. The summed E-state index contributed by atoms with van der Waals surface area (Å²) in [5.74, 6) is -1.51. The van der Waals surface area contributed by atoms with Crippen LogP contribution in [0.3, 0.4) is 0 Å². The molecule has 2 amide bonds. The van der Waals surface area contributed by atoms with Crippen LogP contribution in [0.25, 0.3) is 16.9 Å². The number of piperidine rings is 1. The molecule has 11 heteroatoms. The molecule has 1 fully saturated rings. The van der Waals surface area contributed by atoms with E-state index >= 15 is 0 Å². The molecule has 0 spiro atoms. The van der Waals surface area contributed by atoms with Crippen LogP contribution in [0.1, 0.15) is 41.7 Å². The highest BCUT2D eigenvalue weighted by molar-refractivity contribution is 6.35. The zero-order valence-electron chi connectivity index (χ0n) is 20.0. The van der Waals surface area contributed by atoms with Gasteiger partial charge in [-0.2, -0.15) is 5.10 Å². The Bertz CT molecular complexity index is 1330. The summed E-state index contributed by atoms with van der Waals surface area (Å²) < 4.78 is 1.63. The van der Waals surface area contributed by atoms with Gasteiger partial charge in [0.05, 0.1) is 22.8 Å². The Morgan fingerprint density at radius 1 is 1.00 bits per heavy atom. The number of hydrogen-bond donors (Lipinski definition) is 2. The van der Waals surface area contributed by atoms with E-state index < -0.39 is 5.97 Å². The van der Waals surface area contributed by atoms with Gasteiger partial charge in [-0.25, -0.2) is 4.68 Å². The van der Waals surface area contributed by atoms with E-state index in [0.29, 0.717) is 57.9 Å². The van der Waals surface area contributed by atoms with Gasteiger partial charge in [0.25, 0.3) is 5.91 Å². The van der Waals surface area contributed by atoms with E-state index in [1.165, 1.54) is 0 Å². The molecular weight excluding hydrogens is 539 g/mol. The highest BCUT2D eigenvalue weighted by atomic mass is 35.5. The number of nitrogens with zero attached hydrogens (tertiary/aromatic N) is 3.